The number of aryl methyl sites for hydroxylation is 1. The maximum absolute atomic E-state index is 10.9. The standard InChI is InChI=1S/C21H18N6O/c1-14-10-15(12-26-19-8-4-2-6-17(19)22-24-26)21(28)16(11-14)13-27-20-9-5-3-7-18(20)23-25-27/h2-11,28H,12-13H2,1H3. The van der Waals surface area contributed by atoms with E-state index in [1.165, 1.54) is 0 Å². The van der Waals surface area contributed by atoms with Gasteiger partial charge in [0.05, 0.1) is 24.1 Å². The molecule has 0 aliphatic heterocycles. The first-order valence-corrected chi connectivity index (χ1v) is 9.07. The van der Waals surface area contributed by atoms with E-state index < -0.39 is 0 Å². The van der Waals surface area contributed by atoms with Crippen LogP contribution in [0.1, 0.15) is 16.7 Å². The number of phenolic OH excluding ortho intramolecular Hbond substituents is 1. The van der Waals surface area contributed by atoms with Crippen molar-refractivity contribution in [2.24, 2.45) is 0 Å². The molecule has 28 heavy (non-hydrogen) atoms. The van der Waals surface area contributed by atoms with Gasteiger partial charge in [0, 0.05) is 11.1 Å². The number of rotatable bonds is 4. The van der Waals surface area contributed by atoms with Gasteiger partial charge in [-0.15, -0.1) is 10.2 Å². The fourth-order valence-electron chi connectivity index (χ4n) is 3.57. The molecule has 138 valence electrons. The largest absolute Gasteiger partial charge is 0.507 e. The lowest BCUT2D eigenvalue weighted by atomic mass is 10.0. The van der Waals surface area contributed by atoms with Crippen molar-refractivity contribution in [2.75, 3.05) is 0 Å². The van der Waals surface area contributed by atoms with Gasteiger partial charge in [0.1, 0.15) is 16.8 Å². The van der Waals surface area contributed by atoms with Crippen molar-refractivity contribution in [3.63, 3.8) is 0 Å². The summed E-state index contributed by atoms with van der Waals surface area (Å²) in [5.41, 5.74) is 6.22. The molecule has 7 heteroatoms. The number of nitrogens with zero attached hydrogens (tertiary/aromatic N) is 6. The van der Waals surface area contributed by atoms with Crippen LogP contribution in [0.3, 0.4) is 0 Å². The summed E-state index contributed by atoms with van der Waals surface area (Å²) >= 11 is 0. The Morgan fingerprint density at radius 1 is 0.750 bits per heavy atom. The summed E-state index contributed by atoms with van der Waals surface area (Å²) in [6.07, 6.45) is 0. The van der Waals surface area contributed by atoms with E-state index in [2.05, 4.69) is 20.6 Å². The molecule has 2 heterocycles. The van der Waals surface area contributed by atoms with Crippen molar-refractivity contribution in [3.8, 4) is 5.75 Å². The van der Waals surface area contributed by atoms with E-state index in [9.17, 15) is 5.11 Å². The summed E-state index contributed by atoms with van der Waals surface area (Å²) in [4.78, 5) is 0. The SMILES string of the molecule is Cc1cc(Cn2nnc3ccccc32)c(O)c(Cn2nnc3ccccc32)c1. The monoisotopic (exact) mass is 370 g/mol. The van der Waals surface area contributed by atoms with E-state index in [4.69, 9.17) is 0 Å². The average Bonchev–Trinajstić information content (AvgIpc) is 3.30. The van der Waals surface area contributed by atoms with Crippen LogP contribution in [0.5, 0.6) is 5.75 Å². The Kier molecular flexibility index (Phi) is 3.79. The first-order chi connectivity index (χ1) is 13.7. The summed E-state index contributed by atoms with van der Waals surface area (Å²) in [7, 11) is 0. The van der Waals surface area contributed by atoms with Crippen molar-refractivity contribution in [3.05, 3.63) is 77.4 Å². The van der Waals surface area contributed by atoms with Crippen LogP contribution < -0.4 is 0 Å². The molecule has 0 bridgehead atoms. The van der Waals surface area contributed by atoms with Crippen molar-refractivity contribution in [1.82, 2.24) is 30.0 Å². The molecule has 0 unspecified atom stereocenters. The van der Waals surface area contributed by atoms with E-state index in [1.54, 1.807) is 9.36 Å². The Morgan fingerprint density at radius 2 is 1.21 bits per heavy atom. The molecule has 0 amide bonds. The summed E-state index contributed by atoms with van der Waals surface area (Å²) in [5, 5.41) is 27.8. The molecular formula is C21H18N6O. The van der Waals surface area contributed by atoms with Gasteiger partial charge in [-0.3, -0.25) is 0 Å². The van der Waals surface area contributed by atoms with Gasteiger partial charge in [0.15, 0.2) is 0 Å². The van der Waals surface area contributed by atoms with Crippen molar-refractivity contribution in [1.29, 1.82) is 0 Å². The minimum absolute atomic E-state index is 0.254. The van der Waals surface area contributed by atoms with Crippen LogP contribution in [0, 0.1) is 6.92 Å². The van der Waals surface area contributed by atoms with Crippen LogP contribution >= 0.6 is 0 Å². The zero-order chi connectivity index (χ0) is 19.1. The van der Waals surface area contributed by atoms with Crippen LogP contribution in [-0.2, 0) is 13.1 Å². The second-order valence-corrected chi connectivity index (χ2v) is 6.90. The minimum Gasteiger partial charge on any atom is -0.507 e. The number of hydrogen-bond donors (Lipinski definition) is 1. The zero-order valence-electron chi connectivity index (χ0n) is 15.3. The number of hydrogen-bond acceptors (Lipinski definition) is 5. The molecule has 0 fully saturated rings. The topological polar surface area (TPSA) is 81.6 Å². The first-order valence-electron chi connectivity index (χ1n) is 9.07. The molecule has 0 aliphatic carbocycles. The fraction of sp³-hybridized carbons (Fsp3) is 0.143. The molecule has 1 N–H and O–H groups in total. The summed E-state index contributed by atoms with van der Waals surface area (Å²) in [6, 6.07) is 19.6. The van der Waals surface area contributed by atoms with Gasteiger partial charge in [-0.05, 0) is 31.2 Å². The van der Waals surface area contributed by atoms with Gasteiger partial charge in [-0.25, -0.2) is 9.36 Å². The lowest BCUT2D eigenvalue weighted by molar-refractivity contribution is 0.452. The Hall–Kier alpha value is -3.74. The smallest absolute Gasteiger partial charge is 0.125 e. The summed E-state index contributed by atoms with van der Waals surface area (Å²) in [5.74, 6) is 0.254. The van der Waals surface area contributed by atoms with Crippen LogP contribution in [0.2, 0.25) is 0 Å². The highest BCUT2D eigenvalue weighted by Crippen LogP contribution is 2.27. The number of aromatic hydroxyl groups is 1. The zero-order valence-corrected chi connectivity index (χ0v) is 15.3. The highest BCUT2D eigenvalue weighted by molar-refractivity contribution is 5.74. The quantitative estimate of drug-likeness (QED) is 0.525. The molecule has 0 aliphatic rings. The maximum Gasteiger partial charge on any atom is 0.125 e. The minimum atomic E-state index is 0.254. The molecule has 0 saturated carbocycles. The summed E-state index contributed by atoms with van der Waals surface area (Å²) < 4.78 is 3.61. The number of benzene rings is 3. The van der Waals surface area contributed by atoms with Gasteiger partial charge >= 0.3 is 0 Å². The molecule has 0 saturated heterocycles. The van der Waals surface area contributed by atoms with E-state index in [0.29, 0.717) is 13.1 Å². The van der Waals surface area contributed by atoms with Gasteiger partial charge in [-0.2, -0.15) is 0 Å². The second-order valence-electron chi connectivity index (χ2n) is 6.90. The van der Waals surface area contributed by atoms with Crippen LogP contribution in [0.25, 0.3) is 22.1 Å². The van der Waals surface area contributed by atoms with E-state index in [-0.39, 0.29) is 5.75 Å². The molecule has 2 aromatic heterocycles. The molecule has 5 aromatic rings. The third kappa shape index (κ3) is 2.77. The maximum atomic E-state index is 10.9. The van der Waals surface area contributed by atoms with Crippen molar-refractivity contribution >= 4 is 22.1 Å². The normalized spacial score (nSPS) is 11.5. The molecular weight excluding hydrogens is 352 g/mol. The Morgan fingerprint density at radius 3 is 1.71 bits per heavy atom. The lowest BCUT2D eigenvalue weighted by Crippen LogP contribution is -2.07. The van der Waals surface area contributed by atoms with Gasteiger partial charge < -0.3 is 5.11 Å². The van der Waals surface area contributed by atoms with Gasteiger partial charge in [-0.1, -0.05) is 52.4 Å². The van der Waals surface area contributed by atoms with E-state index in [0.717, 1.165) is 38.8 Å². The molecule has 5 rings (SSSR count). The first kappa shape index (κ1) is 16.4. The fourth-order valence-corrected chi connectivity index (χ4v) is 3.57. The van der Waals surface area contributed by atoms with Crippen LogP contribution in [0.15, 0.2) is 60.7 Å². The highest BCUT2D eigenvalue weighted by Gasteiger charge is 2.14. The number of phenols is 1. The van der Waals surface area contributed by atoms with E-state index in [1.807, 2.05) is 67.6 Å². The van der Waals surface area contributed by atoms with Crippen LogP contribution in [0.4, 0.5) is 0 Å². The van der Waals surface area contributed by atoms with Crippen molar-refractivity contribution < 1.29 is 5.11 Å². The lowest BCUT2D eigenvalue weighted by Gasteiger charge is -2.12. The molecule has 0 spiro atoms. The summed E-state index contributed by atoms with van der Waals surface area (Å²) in [6.45, 7) is 2.91. The third-order valence-corrected chi connectivity index (χ3v) is 4.89. The Balaban J connectivity index is 1.53. The predicted molar refractivity (Wildman–Crippen MR) is 106 cm³/mol. The van der Waals surface area contributed by atoms with Crippen LogP contribution in [-0.4, -0.2) is 35.1 Å². The predicted octanol–water partition coefficient (Wildman–Crippen LogP) is 3.29. The highest BCUT2D eigenvalue weighted by atomic mass is 16.3. The van der Waals surface area contributed by atoms with Gasteiger partial charge in [0.25, 0.3) is 0 Å². The number of aromatic nitrogens is 6. The Bertz CT molecular complexity index is 1210. The Labute approximate surface area is 160 Å². The number of fused-ring (bicyclic) bond motifs is 2. The second kappa shape index (κ2) is 6.45. The molecule has 3 aromatic carbocycles. The molecule has 7 nitrogen and oxygen atoms in total. The van der Waals surface area contributed by atoms with Gasteiger partial charge in [0.2, 0.25) is 0 Å². The van der Waals surface area contributed by atoms with E-state index >= 15 is 0 Å². The average molecular weight is 370 g/mol. The third-order valence-electron chi connectivity index (χ3n) is 4.89. The molecule has 0 radical (unpaired) electrons. The van der Waals surface area contributed by atoms with Crippen molar-refractivity contribution in [2.45, 2.75) is 20.0 Å². The molecule has 0 atom stereocenters. The number of para-hydroxylation sites is 2.